The summed E-state index contributed by atoms with van der Waals surface area (Å²) in [4.78, 5) is 68.6. The molecule has 0 radical (unpaired) electrons. The van der Waals surface area contributed by atoms with Crippen LogP contribution in [0, 0.1) is 17.3 Å². The summed E-state index contributed by atoms with van der Waals surface area (Å²) in [6.07, 6.45) is 15.5. The molecular formula is C43H55N7O6. The molecule has 0 spiro atoms. The van der Waals surface area contributed by atoms with Crippen LogP contribution in [0.3, 0.4) is 0 Å². The van der Waals surface area contributed by atoms with Crippen molar-refractivity contribution < 1.29 is 28.7 Å². The lowest BCUT2D eigenvalue weighted by Gasteiger charge is -2.54. The van der Waals surface area contributed by atoms with Crippen molar-refractivity contribution in [3.8, 4) is 11.3 Å². The van der Waals surface area contributed by atoms with E-state index in [0.29, 0.717) is 24.7 Å². The Morgan fingerprint density at radius 1 is 0.786 bits per heavy atom. The molecule has 7 fully saturated rings. The Labute approximate surface area is 328 Å². The molecule has 5 aliphatic carbocycles. The highest BCUT2D eigenvalue weighted by Gasteiger charge is 2.58. The number of amides is 4. The van der Waals surface area contributed by atoms with Crippen molar-refractivity contribution in [3.05, 3.63) is 53.6 Å². The highest BCUT2D eigenvalue weighted by Crippen LogP contribution is 2.62. The van der Waals surface area contributed by atoms with E-state index in [1.54, 1.807) is 0 Å². The topological polar surface area (TPSA) is 158 Å². The second-order valence-corrected chi connectivity index (χ2v) is 17.6. The first-order valence-electron chi connectivity index (χ1n) is 20.9. The number of imidazole rings is 1. The van der Waals surface area contributed by atoms with Gasteiger partial charge >= 0.3 is 12.2 Å². The fourth-order valence-electron chi connectivity index (χ4n) is 11.3. The lowest BCUT2D eigenvalue weighted by Crippen LogP contribution is -2.52. The first kappa shape index (κ1) is 36.9. The quantitative estimate of drug-likeness (QED) is 0.242. The van der Waals surface area contributed by atoms with Crippen molar-refractivity contribution in [2.75, 3.05) is 14.2 Å². The number of ether oxygens (including phenoxy) is 2. The number of allylic oxidation sites excluding steroid dienone is 1. The van der Waals surface area contributed by atoms with Crippen LogP contribution in [0.2, 0.25) is 0 Å². The highest BCUT2D eigenvalue weighted by atomic mass is 16.5. The van der Waals surface area contributed by atoms with Crippen LogP contribution in [0.25, 0.3) is 11.3 Å². The molecule has 298 valence electrons. The third-order valence-electron chi connectivity index (χ3n) is 14.9. The third-order valence-corrected chi connectivity index (χ3v) is 14.9. The molecule has 13 heteroatoms. The van der Waals surface area contributed by atoms with E-state index >= 15 is 0 Å². The monoisotopic (exact) mass is 765 g/mol. The molecule has 4 amide bonds. The summed E-state index contributed by atoms with van der Waals surface area (Å²) in [5.74, 6) is 1.72. The van der Waals surface area contributed by atoms with Gasteiger partial charge in [-0.15, -0.1) is 0 Å². The predicted octanol–water partition coefficient (Wildman–Crippen LogP) is 6.32. The second-order valence-electron chi connectivity index (χ2n) is 17.6. The molecule has 3 aliphatic heterocycles. The van der Waals surface area contributed by atoms with E-state index in [-0.39, 0.29) is 46.8 Å². The number of aromatic amines is 1. The van der Waals surface area contributed by atoms with Gasteiger partial charge in [-0.3, -0.25) is 14.6 Å². The van der Waals surface area contributed by atoms with Gasteiger partial charge in [0.15, 0.2) is 0 Å². The number of fused-ring (bicyclic) bond motifs is 5. The number of aromatic nitrogens is 2. The number of hydrogen-bond acceptors (Lipinski definition) is 8. The number of carbonyl (C=O) groups excluding carboxylic acids is 4. The Morgan fingerprint density at radius 3 is 1.88 bits per heavy atom. The van der Waals surface area contributed by atoms with Crippen molar-refractivity contribution in [2.45, 2.75) is 139 Å². The number of carbonyl (C=O) groups is 4. The Bertz CT molecular complexity index is 1950. The second kappa shape index (κ2) is 14.1. The van der Waals surface area contributed by atoms with E-state index in [0.717, 1.165) is 93.4 Å². The molecule has 56 heavy (non-hydrogen) atoms. The maximum Gasteiger partial charge on any atom is 0.407 e. The van der Waals surface area contributed by atoms with Crippen molar-refractivity contribution in [1.82, 2.24) is 30.4 Å². The van der Waals surface area contributed by atoms with Crippen LogP contribution in [-0.4, -0.2) is 93.9 Å². The minimum absolute atomic E-state index is 0.00888. The van der Waals surface area contributed by atoms with Gasteiger partial charge in [0.2, 0.25) is 11.8 Å². The number of alkyl carbamates (subject to hydrolysis) is 2. The predicted molar refractivity (Wildman–Crippen MR) is 208 cm³/mol. The lowest BCUT2D eigenvalue weighted by molar-refractivity contribution is -0.136. The van der Waals surface area contributed by atoms with E-state index in [9.17, 15) is 19.2 Å². The summed E-state index contributed by atoms with van der Waals surface area (Å²) in [5.41, 5.74) is 6.35. The van der Waals surface area contributed by atoms with Crippen LogP contribution < -0.4 is 10.6 Å². The van der Waals surface area contributed by atoms with Crippen LogP contribution in [0.1, 0.15) is 115 Å². The summed E-state index contributed by atoms with van der Waals surface area (Å²) in [5, 5.41) is 5.46. The van der Waals surface area contributed by atoms with Crippen molar-refractivity contribution >= 4 is 29.7 Å². The minimum Gasteiger partial charge on any atom is -0.453 e. The average Bonchev–Trinajstić information content (AvgIpc) is 3.81. The number of H-pyrrole nitrogens is 1. The standard InChI is InChI=1S/C43H55N7O6/c1-5-29(47-40(53)55-3)38(51)49-33-17-25(33)19-35(49)31-21-28(22-44-31)43-14-11-42(12-15-43,13-16-43)27-9-7-24(8-10-27)32-23-45-37(46-32)36-20-26-18-34(26)50(36)39(52)30(6-2)48-41(54)56-4/h7-10,22-23,25-26,29-30,33-36H,5-6,11-21H2,1-4H3,(H,45,46)(H,47,53)(H,48,54)/t25-,26-,29+,30+,33-,34-,35+,36+,42?,43?/m1/s1. The minimum atomic E-state index is -0.626. The Hall–Kier alpha value is -4.68. The molecule has 1 aromatic carbocycles. The molecule has 2 aromatic rings. The van der Waals surface area contributed by atoms with Gasteiger partial charge < -0.3 is 34.9 Å². The fourth-order valence-corrected chi connectivity index (χ4v) is 11.3. The maximum absolute atomic E-state index is 13.7. The molecule has 8 atom stereocenters. The molecule has 13 nitrogen and oxygen atoms in total. The first-order chi connectivity index (χ1) is 27.1. The maximum atomic E-state index is 13.7. The van der Waals surface area contributed by atoms with Gasteiger partial charge in [-0.05, 0) is 116 Å². The molecule has 0 unspecified atom stereocenters. The Kier molecular flexibility index (Phi) is 9.27. The van der Waals surface area contributed by atoms with E-state index in [1.807, 2.05) is 29.8 Å². The summed E-state index contributed by atoms with van der Waals surface area (Å²) >= 11 is 0. The SMILES string of the molecule is CC[C@H](NC(=O)OC)C(=O)N1[C@@H]2C[C@@H]2C[C@H]1C1=NC=C(C23CCC(c4ccc(-c5cnc([C@@H]6C[C@H]7C[C@H]7N6C(=O)[C@H](CC)NC(=O)OC)[nH]5)cc4)(CC2)CC3)C1. The number of nitrogens with one attached hydrogen (secondary N) is 3. The molecule has 8 aliphatic rings. The number of aliphatic imine (C=N–C) groups is 1. The molecule has 3 N–H and O–H groups in total. The van der Waals surface area contributed by atoms with Gasteiger partial charge in [0.25, 0.3) is 0 Å². The van der Waals surface area contributed by atoms with Crippen LogP contribution in [-0.2, 0) is 24.5 Å². The van der Waals surface area contributed by atoms with Crippen LogP contribution in [0.5, 0.6) is 0 Å². The smallest absolute Gasteiger partial charge is 0.407 e. The first-order valence-corrected chi connectivity index (χ1v) is 20.9. The molecule has 2 bridgehead atoms. The van der Waals surface area contributed by atoms with E-state index in [4.69, 9.17) is 19.5 Å². The Balaban J connectivity index is 0.827. The van der Waals surface area contributed by atoms with Gasteiger partial charge in [0.1, 0.15) is 17.9 Å². The number of rotatable bonds is 11. The van der Waals surface area contributed by atoms with Gasteiger partial charge in [0.05, 0.1) is 38.2 Å². The zero-order valence-electron chi connectivity index (χ0n) is 33.0. The summed E-state index contributed by atoms with van der Waals surface area (Å²) < 4.78 is 9.57. The number of likely N-dealkylation sites (tertiary alicyclic amines) is 2. The van der Waals surface area contributed by atoms with E-state index < -0.39 is 24.3 Å². The van der Waals surface area contributed by atoms with Crippen molar-refractivity contribution in [3.63, 3.8) is 0 Å². The third kappa shape index (κ3) is 6.20. The number of hydrogen-bond donors (Lipinski definition) is 3. The van der Waals surface area contributed by atoms with Crippen LogP contribution >= 0.6 is 0 Å². The summed E-state index contributed by atoms with van der Waals surface area (Å²) in [6, 6.07) is 8.16. The number of nitrogens with zero attached hydrogens (tertiary/aromatic N) is 4. The van der Waals surface area contributed by atoms with Crippen molar-refractivity contribution in [2.24, 2.45) is 22.2 Å². The molecule has 1 aromatic heterocycles. The molecule has 5 saturated carbocycles. The number of piperidine rings is 2. The van der Waals surface area contributed by atoms with Gasteiger partial charge in [-0.25, -0.2) is 14.6 Å². The van der Waals surface area contributed by atoms with Gasteiger partial charge in [0, 0.05) is 30.4 Å². The number of methoxy groups -OCH3 is 2. The molecular weight excluding hydrogens is 711 g/mol. The molecule has 10 rings (SSSR count). The highest BCUT2D eigenvalue weighted by molar-refractivity contribution is 5.99. The lowest BCUT2D eigenvalue weighted by atomic mass is 9.50. The average molecular weight is 766 g/mol. The van der Waals surface area contributed by atoms with E-state index in [1.165, 1.54) is 25.4 Å². The fraction of sp³-hybridized carbons (Fsp3) is 0.628. The molecule has 4 heterocycles. The van der Waals surface area contributed by atoms with Gasteiger partial charge in [-0.1, -0.05) is 38.1 Å². The van der Waals surface area contributed by atoms with Crippen LogP contribution in [0.4, 0.5) is 9.59 Å². The van der Waals surface area contributed by atoms with Crippen LogP contribution in [0.15, 0.2) is 47.2 Å². The van der Waals surface area contributed by atoms with E-state index in [2.05, 4.69) is 46.1 Å². The summed E-state index contributed by atoms with van der Waals surface area (Å²) in [7, 11) is 2.64. The van der Waals surface area contributed by atoms with Crippen molar-refractivity contribution in [1.29, 1.82) is 0 Å². The normalized spacial score (nSPS) is 33.1. The zero-order chi connectivity index (χ0) is 38.9. The zero-order valence-corrected chi connectivity index (χ0v) is 33.0. The largest absolute Gasteiger partial charge is 0.453 e. The number of benzene rings is 1. The summed E-state index contributed by atoms with van der Waals surface area (Å²) in [6.45, 7) is 3.82. The molecule has 2 saturated heterocycles. The Morgan fingerprint density at radius 2 is 1.32 bits per heavy atom. The van der Waals surface area contributed by atoms with Gasteiger partial charge in [-0.2, -0.15) is 0 Å².